The molecule has 1 aliphatic rings. The molecule has 0 saturated heterocycles. The van der Waals surface area contributed by atoms with Gasteiger partial charge in [0.2, 0.25) is 5.91 Å². The van der Waals surface area contributed by atoms with Crippen molar-refractivity contribution in [1.82, 2.24) is 5.32 Å². The minimum atomic E-state index is -0.735. The summed E-state index contributed by atoms with van der Waals surface area (Å²) in [6, 6.07) is 0. The zero-order valence-corrected chi connectivity index (χ0v) is 11.8. The highest BCUT2D eigenvalue weighted by Crippen LogP contribution is 2.20. The Morgan fingerprint density at radius 3 is 2.72 bits per heavy atom. The summed E-state index contributed by atoms with van der Waals surface area (Å²) in [5, 5.41) is 2.89. The molecule has 0 spiro atoms. The van der Waals surface area contributed by atoms with Crippen molar-refractivity contribution in [3.63, 3.8) is 0 Å². The van der Waals surface area contributed by atoms with E-state index in [1.807, 2.05) is 6.92 Å². The maximum atomic E-state index is 11.8. The van der Waals surface area contributed by atoms with Gasteiger partial charge in [-0.2, -0.15) is 0 Å². The third-order valence-corrected chi connectivity index (χ3v) is 3.55. The van der Waals surface area contributed by atoms with Crippen molar-refractivity contribution >= 4 is 5.91 Å². The van der Waals surface area contributed by atoms with E-state index < -0.39 is 5.54 Å². The van der Waals surface area contributed by atoms with Crippen LogP contribution in [0.5, 0.6) is 0 Å². The fraction of sp³-hybridized carbons (Fsp3) is 0.929. The SMILES string of the molecule is CCCC(C)(N)C(=O)NCCCOC1CCCC1. The average Bonchev–Trinajstić information content (AvgIpc) is 2.81. The molecule has 4 nitrogen and oxygen atoms in total. The molecule has 18 heavy (non-hydrogen) atoms. The van der Waals surface area contributed by atoms with Gasteiger partial charge in [-0.15, -0.1) is 0 Å². The Morgan fingerprint density at radius 2 is 2.11 bits per heavy atom. The van der Waals surface area contributed by atoms with E-state index in [0.29, 0.717) is 12.6 Å². The Hall–Kier alpha value is -0.610. The van der Waals surface area contributed by atoms with Gasteiger partial charge in [-0.05, 0) is 32.6 Å². The van der Waals surface area contributed by atoms with Gasteiger partial charge in [0.1, 0.15) is 0 Å². The van der Waals surface area contributed by atoms with Gasteiger partial charge in [-0.3, -0.25) is 4.79 Å². The second kappa shape index (κ2) is 7.74. The average molecular weight is 256 g/mol. The number of nitrogens with two attached hydrogens (primary N) is 1. The van der Waals surface area contributed by atoms with Crippen LogP contribution >= 0.6 is 0 Å². The molecule has 3 N–H and O–H groups in total. The Balaban J connectivity index is 2.04. The lowest BCUT2D eigenvalue weighted by molar-refractivity contribution is -0.126. The van der Waals surface area contributed by atoms with Crippen LogP contribution in [0, 0.1) is 0 Å². The zero-order valence-electron chi connectivity index (χ0n) is 11.8. The molecule has 106 valence electrons. The van der Waals surface area contributed by atoms with E-state index in [4.69, 9.17) is 10.5 Å². The van der Waals surface area contributed by atoms with E-state index in [0.717, 1.165) is 25.9 Å². The Bertz CT molecular complexity index is 248. The quantitative estimate of drug-likeness (QED) is 0.653. The summed E-state index contributed by atoms with van der Waals surface area (Å²) in [6.45, 7) is 5.22. The lowest BCUT2D eigenvalue weighted by Gasteiger charge is -2.22. The number of hydrogen-bond donors (Lipinski definition) is 2. The third kappa shape index (κ3) is 5.36. The molecule has 4 heteroatoms. The molecule has 0 radical (unpaired) electrons. The summed E-state index contributed by atoms with van der Waals surface area (Å²) < 4.78 is 5.74. The number of carbonyl (C=O) groups excluding carboxylic acids is 1. The fourth-order valence-corrected chi connectivity index (χ4v) is 2.41. The molecule has 1 rings (SSSR count). The van der Waals surface area contributed by atoms with Gasteiger partial charge in [-0.25, -0.2) is 0 Å². The molecule has 0 aromatic carbocycles. The van der Waals surface area contributed by atoms with Gasteiger partial charge >= 0.3 is 0 Å². The van der Waals surface area contributed by atoms with E-state index >= 15 is 0 Å². The van der Waals surface area contributed by atoms with Gasteiger partial charge in [0, 0.05) is 13.2 Å². The molecule has 0 aromatic heterocycles. The summed E-state index contributed by atoms with van der Waals surface area (Å²) in [7, 11) is 0. The Labute approximate surface area is 111 Å². The van der Waals surface area contributed by atoms with Gasteiger partial charge in [0.05, 0.1) is 11.6 Å². The van der Waals surface area contributed by atoms with Crippen LogP contribution in [0.25, 0.3) is 0 Å². The number of hydrogen-bond acceptors (Lipinski definition) is 3. The molecule has 1 atom stereocenters. The molecule has 0 aliphatic heterocycles. The van der Waals surface area contributed by atoms with Crippen molar-refractivity contribution in [2.75, 3.05) is 13.2 Å². The summed E-state index contributed by atoms with van der Waals surface area (Å²) in [5.41, 5.74) is 5.21. The van der Waals surface area contributed by atoms with Crippen LogP contribution in [-0.4, -0.2) is 30.7 Å². The van der Waals surface area contributed by atoms with Crippen molar-refractivity contribution in [1.29, 1.82) is 0 Å². The van der Waals surface area contributed by atoms with Crippen molar-refractivity contribution in [2.45, 2.75) is 70.4 Å². The Kier molecular flexibility index (Phi) is 6.65. The normalized spacial score (nSPS) is 19.7. The van der Waals surface area contributed by atoms with E-state index in [1.54, 1.807) is 6.92 Å². The van der Waals surface area contributed by atoms with Crippen molar-refractivity contribution in [2.24, 2.45) is 5.73 Å². The Morgan fingerprint density at radius 1 is 1.44 bits per heavy atom. The molecule has 1 unspecified atom stereocenters. The third-order valence-electron chi connectivity index (χ3n) is 3.55. The van der Waals surface area contributed by atoms with Crippen molar-refractivity contribution in [3.8, 4) is 0 Å². The second-order valence-electron chi connectivity index (χ2n) is 5.55. The van der Waals surface area contributed by atoms with Crippen LogP contribution in [0.3, 0.4) is 0 Å². The summed E-state index contributed by atoms with van der Waals surface area (Å²) >= 11 is 0. The topological polar surface area (TPSA) is 64.4 Å². The van der Waals surface area contributed by atoms with Crippen LogP contribution in [0.4, 0.5) is 0 Å². The lowest BCUT2D eigenvalue weighted by atomic mass is 9.96. The minimum absolute atomic E-state index is 0.0507. The zero-order chi connectivity index (χ0) is 13.4. The lowest BCUT2D eigenvalue weighted by Crippen LogP contribution is -2.51. The number of ether oxygens (including phenoxy) is 1. The van der Waals surface area contributed by atoms with Gasteiger partial charge in [0.25, 0.3) is 0 Å². The van der Waals surface area contributed by atoms with E-state index in [9.17, 15) is 4.79 Å². The van der Waals surface area contributed by atoms with Crippen LogP contribution in [0.1, 0.15) is 58.8 Å². The molecule has 1 fully saturated rings. The highest BCUT2D eigenvalue weighted by molar-refractivity contribution is 5.85. The van der Waals surface area contributed by atoms with Gasteiger partial charge < -0.3 is 15.8 Å². The molecule has 1 saturated carbocycles. The first-order valence-electron chi connectivity index (χ1n) is 7.25. The van der Waals surface area contributed by atoms with E-state index in [1.165, 1.54) is 25.7 Å². The summed E-state index contributed by atoms with van der Waals surface area (Å²) in [4.78, 5) is 11.8. The smallest absolute Gasteiger partial charge is 0.239 e. The minimum Gasteiger partial charge on any atom is -0.378 e. The first kappa shape index (κ1) is 15.4. The van der Waals surface area contributed by atoms with E-state index in [-0.39, 0.29) is 5.91 Å². The number of nitrogens with one attached hydrogen (secondary N) is 1. The number of rotatable bonds is 8. The predicted octanol–water partition coefficient (Wildman–Crippen LogP) is 1.97. The molecular weight excluding hydrogens is 228 g/mol. The standard InChI is InChI=1S/C14H28N2O2/c1-3-9-14(2,15)13(17)16-10-6-11-18-12-7-4-5-8-12/h12H,3-11,15H2,1-2H3,(H,16,17). The molecule has 0 aromatic rings. The van der Waals surface area contributed by atoms with Crippen molar-refractivity contribution < 1.29 is 9.53 Å². The monoisotopic (exact) mass is 256 g/mol. The molecule has 0 heterocycles. The molecule has 1 aliphatic carbocycles. The van der Waals surface area contributed by atoms with Gasteiger partial charge in [0.15, 0.2) is 0 Å². The largest absolute Gasteiger partial charge is 0.378 e. The van der Waals surface area contributed by atoms with Crippen LogP contribution in [0.2, 0.25) is 0 Å². The number of amides is 1. The molecular formula is C14H28N2O2. The van der Waals surface area contributed by atoms with Crippen molar-refractivity contribution in [3.05, 3.63) is 0 Å². The van der Waals surface area contributed by atoms with Crippen LogP contribution in [-0.2, 0) is 9.53 Å². The molecule has 1 amide bonds. The van der Waals surface area contributed by atoms with Crippen LogP contribution in [0.15, 0.2) is 0 Å². The van der Waals surface area contributed by atoms with Gasteiger partial charge in [-0.1, -0.05) is 26.2 Å². The summed E-state index contributed by atoms with van der Waals surface area (Å²) in [5.74, 6) is -0.0507. The number of carbonyl (C=O) groups is 1. The predicted molar refractivity (Wildman–Crippen MR) is 73.3 cm³/mol. The fourth-order valence-electron chi connectivity index (χ4n) is 2.41. The first-order valence-corrected chi connectivity index (χ1v) is 7.25. The molecule has 0 bridgehead atoms. The highest BCUT2D eigenvalue weighted by atomic mass is 16.5. The van der Waals surface area contributed by atoms with E-state index in [2.05, 4.69) is 5.32 Å². The highest BCUT2D eigenvalue weighted by Gasteiger charge is 2.26. The second-order valence-corrected chi connectivity index (χ2v) is 5.55. The van der Waals surface area contributed by atoms with Crippen LogP contribution < -0.4 is 11.1 Å². The maximum Gasteiger partial charge on any atom is 0.239 e. The summed E-state index contributed by atoms with van der Waals surface area (Å²) in [6.07, 6.45) is 7.95. The maximum absolute atomic E-state index is 11.8. The first-order chi connectivity index (χ1) is 8.56.